The van der Waals surface area contributed by atoms with E-state index in [1.165, 1.54) is 12.8 Å². The number of benzene rings is 1. The molecule has 0 atom stereocenters. The topological polar surface area (TPSA) is 37.6 Å². The molecule has 0 amide bonds. The maximum absolute atomic E-state index is 12.4. The van der Waals surface area contributed by atoms with E-state index in [1.54, 1.807) is 24.3 Å². The van der Waals surface area contributed by atoms with Gasteiger partial charge in [0.25, 0.3) is 0 Å². The number of likely N-dealkylation sites (tertiary alicyclic amines) is 1. The molecule has 4 nitrogen and oxygen atoms in total. The largest absolute Gasteiger partial charge is 0.306 e. The maximum Gasteiger partial charge on any atom is 0.187 e. The van der Waals surface area contributed by atoms with Gasteiger partial charge in [-0.25, -0.2) is 4.85 Å². The van der Waals surface area contributed by atoms with Crippen LogP contribution in [-0.4, -0.2) is 35.8 Å². The lowest BCUT2D eigenvalue weighted by Gasteiger charge is -2.28. The maximum atomic E-state index is 12.4. The van der Waals surface area contributed by atoms with Crippen LogP contribution in [0.1, 0.15) is 34.6 Å². The van der Waals surface area contributed by atoms with Gasteiger partial charge >= 0.3 is 0 Å². The van der Waals surface area contributed by atoms with Crippen molar-refractivity contribution in [3.05, 3.63) is 70.8 Å². The molecule has 0 aliphatic carbocycles. The first-order valence-corrected chi connectivity index (χ1v) is 8.78. The fraction of sp³-hybridized carbons (Fsp3) is 0.381. The third kappa shape index (κ3) is 4.74. The third-order valence-electron chi connectivity index (χ3n) is 4.86. The summed E-state index contributed by atoms with van der Waals surface area (Å²) in [4.78, 5) is 22.9. The highest BCUT2D eigenvalue weighted by atomic mass is 16.1. The van der Waals surface area contributed by atoms with Gasteiger partial charge in [-0.15, -0.1) is 0 Å². The van der Waals surface area contributed by atoms with Gasteiger partial charge < -0.3 is 4.90 Å². The normalized spacial score (nSPS) is 15.7. The van der Waals surface area contributed by atoms with E-state index < -0.39 is 0 Å². The zero-order valence-electron chi connectivity index (χ0n) is 14.6. The van der Waals surface area contributed by atoms with Crippen LogP contribution in [0.3, 0.4) is 0 Å². The second-order valence-electron chi connectivity index (χ2n) is 6.83. The highest BCUT2D eigenvalue weighted by molar-refractivity contribution is 5.97. The van der Waals surface area contributed by atoms with Crippen molar-refractivity contribution < 1.29 is 4.79 Å². The van der Waals surface area contributed by atoms with Gasteiger partial charge in [0.15, 0.2) is 11.5 Å². The number of Topliss-reactive ketones (excluding diaryl/α,β-unsaturated/α-hetero) is 1. The van der Waals surface area contributed by atoms with Crippen molar-refractivity contribution in [2.24, 2.45) is 5.92 Å². The molecule has 4 heteroatoms. The Bertz CT molecular complexity index is 768. The van der Waals surface area contributed by atoms with Crippen LogP contribution in [0.5, 0.6) is 0 Å². The van der Waals surface area contributed by atoms with Crippen molar-refractivity contribution in [2.45, 2.75) is 25.7 Å². The van der Waals surface area contributed by atoms with Gasteiger partial charge in [0.1, 0.15) is 0 Å². The summed E-state index contributed by atoms with van der Waals surface area (Å²) in [5.41, 5.74) is 3.10. The summed E-state index contributed by atoms with van der Waals surface area (Å²) in [5.74, 6) is 0.733. The van der Waals surface area contributed by atoms with Gasteiger partial charge in [0.05, 0.1) is 13.0 Å². The Morgan fingerprint density at radius 3 is 2.52 bits per heavy atom. The highest BCUT2D eigenvalue weighted by Gasteiger charge is 2.17. The molecule has 2 heterocycles. The van der Waals surface area contributed by atoms with Crippen molar-refractivity contribution in [1.29, 1.82) is 0 Å². The summed E-state index contributed by atoms with van der Waals surface area (Å²) in [6.45, 7) is 9.28. The van der Waals surface area contributed by atoms with E-state index in [9.17, 15) is 4.79 Å². The lowest BCUT2D eigenvalue weighted by atomic mass is 9.92. The predicted octanol–water partition coefficient (Wildman–Crippen LogP) is 3.94. The minimum atomic E-state index is 0.0421. The van der Waals surface area contributed by atoms with E-state index in [1.807, 2.05) is 12.1 Å². The zero-order valence-corrected chi connectivity index (χ0v) is 14.6. The number of aromatic nitrogens is 1. The second kappa shape index (κ2) is 8.04. The molecule has 25 heavy (non-hydrogen) atoms. The second-order valence-corrected chi connectivity index (χ2v) is 6.83. The molecule has 1 aromatic carbocycles. The van der Waals surface area contributed by atoms with E-state index in [0.29, 0.717) is 23.6 Å². The first-order valence-electron chi connectivity index (χ1n) is 8.78. The minimum absolute atomic E-state index is 0.0421. The summed E-state index contributed by atoms with van der Waals surface area (Å²) < 4.78 is 0. The summed E-state index contributed by atoms with van der Waals surface area (Å²) >= 11 is 0. The number of carbonyl (C=O) groups is 1. The van der Waals surface area contributed by atoms with Crippen molar-refractivity contribution >= 4 is 11.5 Å². The van der Waals surface area contributed by atoms with Crippen LogP contribution in [0.25, 0.3) is 4.85 Å². The van der Waals surface area contributed by atoms with Gasteiger partial charge in [-0.1, -0.05) is 30.3 Å². The molecule has 1 aromatic heterocycles. The van der Waals surface area contributed by atoms with Gasteiger partial charge in [-0.05, 0) is 57.5 Å². The van der Waals surface area contributed by atoms with Gasteiger partial charge in [0.2, 0.25) is 0 Å². The van der Waals surface area contributed by atoms with Crippen LogP contribution in [0, 0.1) is 12.5 Å². The van der Waals surface area contributed by atoms with Crippen molar-refractivity contribution in [1.82, 2.24) is 9.88 Å². The van der Waals surface area contributed by atoms with Gasteiger partial charge in [-0.2, -0.15) is 0 Å². The van der Waals surface area contributed by atoms with E-state index in [0.717, 1.165) is 30.9 Å². The fourth-order valence-electron chi connectivity index (χ4n) is 3.29. The number of hydrogen-bond donors (Lipinski definition) is 0. The van der Waals surface area contributed by atoms with Crippen LogP contribution in [0.15, 0.2) is 42.5 Å². The third-order valence-corrected chi connectivity index (χ3v) is 4.86. The molecule has 3 rings (SSSR count). The number of carbonyl (C=O) groups excluding carboxylic acids is 1. The Hall–Kier alpha value is -2.51. The Balaban J connectivity index is 1.62. The zero-order chi connectivity index (χ0) is 17.6. The van der Waals surface area contributed by atoms with Gasteiger partial charge in [-0.3, -0.25) is 9.78 Å². The van der Waals surface area contributed by atoms with Crippen LogP contribution >= 0.6 is 0 Å². The molecule has 0 bridgehead atoms. The smallest absolute Gasteiger partial charge is 0.187 e. The standard InChI is InChI=1S/C21H23N3O/c1-22-18-8-6-17(7-9-18)21(25)15-20-5-3-4-19(23-20)14-16-10-12-24(2)13-11-16/h3-9,16H,10-15H2,2H3. The van der Waals surface area contributed by atoms with Crippen molar-refractivity contribution in [3.8, 4) is 0 Å². The molecule has 2 aromatic rings. The summed E-state index contributed by atoms with van der Waals surface area (Å²) in [6, 6.07) is 12.8. The molecule has 0 unspecified atom stereocenters. The van der Waals surface area contributed by atoms with Crippen molar-refractivity contribution in [2.75, 3.05) is 20.1 Å². The number of hydrogen-bond acceptors (Lipinski definition) is 3. The molecule has 1 fully saturated rings. The Morgan fingerprint density at radius 2 is 1.84 bits per heavy atom. The van der Waals surface area contributed by atoms with Crippen LogP contribution in [0.2, 0.25) is 0 Å². The molecule has 0 saturated carbocycles. The Kier molecular flexibility index (Phi) is 5.57. The van der Waals surface area contributed by atoms with E-state index in [4.69, 9.17) is 11.6 Å². The van der Waals surface area contributed by atoms with Crippen LogP contribution < -0.4 is 0 Å². The SMILES string of the molecule is [C-]#[N+]c1ccc(C(=O)Cc2cccc(CC3CCN(C)CC3)n2)cc1. The Morgan fingerprint density at radius 1 is 1.16 bits per heavy atom. The van der Waals surface area contributed by atoms with E-state index in [2.05, 4.69) is 22.9 Å². The predicted molar refractivity (Wildman–Crippen MR) is 98.9 cm³/mol. The molecule has 1 aliphatic rings. The number of ketones is 1. The summed E-state index contributed by atoms with van der Waals surface area (Å²) in [7, 11) is 2.17. The number of piperidine rings is 1. The quantitative estimate of drug-likeness (QED) is 0.614. The average molecular weight is 333 g/mol. The molecule has 128 valence electrons. The van der Waals surface area contributed by atoms with E-state index in [-0.39, 0.29) is 5.78 Å². The lowest BCUT2D eigenvalue weighted by molar-refractivity contribution is 0.0992. The lowest BCUT2D eigenvalue weighted by Crippen LogP contribution is -2.31. The molecular weight excluding hydrogens is 310 g/mol. The van der Waals surface area contributed by atoms with Crippen LogP contribution in [-0.2, 0) is 12.8 Å². The molecule has 0 N–H and O–H groups in total. The first kappa shape index (κ1) is 17.3. The number of pyridine rings is 1. The summed E-state index contributed by atoms with van der Waals surface area (Å²) in [5, 5.41) is 0. The number of nitrogens with zero attached hydrogens (tertiary/aromatic N) is 3. The Labute approximate surface area is 149 Å². The molecular formula is C21H23N3O. The highest BCUT2D eigenvalue weighted by Crippen LogP contribution is 2.20. The summed E-state index contributed by atoms with van der Waals surface area (Å²) in [6.07, 6.45) is 3.73. The first-order chi connectivity index (χ1) is 12.1. The van der Waals surface area contributed by atoms with Crippen molar-refractivity contribution in [3.63, 3.8) is 0 Å². The monoisotopic (exact) mass is 333 g/mol. The minimum Gasteiger partial charge on any atom is -0.306 e. The van der Waals surface area contributed by atoms with Crippen LogP contribution in [0.4, 0.5) is 5.69 Å². The number of rotatable bonds is 5. The molecule has 0 spiro atoms. The van der Waals surface area contributed by atoms with E-state index >= 15 is 0 Å². The van der Waals surface area contributed by atoms with Gasteiger partial charge in [0, 0.05) is 17.0 Å². The molecule has 1 aliphatic heterocycles. The fourth-order valence-corrected chi connectivity index (χ4v) is 3.29. The average Bonchev–Trinajstić information content (AvgIpc) is 2.64. The molecule has 1 saturated heterocycles. The molecule has 0 radical (unpaired) electrons.